The van der Waals surface area contributed by atoms with Gasteiger partial charge in [-0.2, -0.15) is 0 Å². The smallest absolute Gasteiger partial charge is 0.0780 e. The van der Waals surface area contributed by atoms with Crippen LogP contribution in [0.5, 0.6) is 0 Å². The van der Waals surface area contributed by atoms with Gasteiger partial charge in [0, 0.05) is 19.8 Å². The largest absolute Gasteiger partial charge is 0.394 e. The molecule has 0 aliphatic heterocycles. The maximum absolute atomic E-state index is 10.0. The van der Waals surface area contributed by atoms with Crippen molar-refractivity contribution in [1.29, 1.82) is 0 Å². The Hall–Kier alpha value is -0.940. The van der Waals surface area contributed by atoms with Gasteiger partial charge in [-0.1, -0.05) is 30.3 Å². The number of ether oxygens (including phenoxy) is 2. The highest BCUT2D eigenvalue weighted by molar-refractivity contribution is 5.25. The molecule has 0 saturated carbocycles. The zero-order valence-corrected chi connectivity index (χ0v) is 13.6. The summed E-state index contributed by atoms with van der Waals surface area (Å²) in [6.45, 7) is 7.35. The molecule has 0 bridgehead atoms. The Labute approximate surface area is 128 Å². The van der Waals surface area contributed by atoms with E-state index >= 15 is 0 Å². The fourth-order valence-electron chi connectivity index (χ4n) is 2.54. The van der Waals surface area contributed by atoms with Gasteiger partial charge in [-0.15, -0.1) is 0 Å². The van der Waals surface area contributed by atoms with Gasteiger partial charge in [0.05, 0.1) is 24.9 Å². The monoisotopic (exact) mass is 295 g/mol. The van der Waals surface area contributed by atoms with Crippen molar-refractivity contribution in [2.75, 3.05) is 26.9 Å². The first-order valence-corrected chi connectivity index (χ1v) is 7.58. The summed E-state index contributed by atoms with van der Waals surface area (Å²) < 4.78 is 10.8. The Balaban J connectivity index is 2.77. The van der Waals surface area contributed by atoms with Gasteiger partial charge in [0.15, 0.2) is 0 Å². The second kappa shape index (κ2) is 9.15. The fraction of sp³-hybridized carbons (Fsp3) is 0.647. The molecule has 21 heavy (non-hydrogen) atoms. The molecule has 1 aromatic rings. The van der Waals surface area contributed by atoms with Gasteiger partial charge in [-0.25, -0.2) is 0 Å². The molecule has 2 N–H and O–H groups in total. The third-order valence-electron chi connectivity index (χ3n) is 3.49. The SMILES string of the molecule is COCC(C)OCCC(CO)(NC(C)C)c1ccccc1. The lowest BCUT2D eigenvalue weighted by molar-refractivity contribution is -0.00629. The summed E-state index contributed by atoms with van der Waals surface area (Å²) in [4.78, 5) is 0. The molecule has 0 fully saturated rings. The number of aliphatic hydroxyl groups is 1. The number of hydrogen-bond acceptors (Lipinski definition) is 4. The summed E-state index contributed by atoms with van der Waals surface area (Å²) in [5, 5.41) is 13.5. The van der Waals surface area contributed by atoms with Crippen molar-refractivity contribution in [1.82, 2.24) is 5.32 Å². The van der Waals surface area contributed by atoms with E-state index in [1.807, 2.05) is 37.3 Å². The molecule has 0 heterocycles. The molecule has 0 aromatic heterocycles. The lowest BCUT2D eigenvalue weighted by Crippen LogP contribution is -2.49. The molecular formula is C17H29NO3. The van der Waals surface area contributed by atoms with Crippen LogP contribution in [0.4, 0.5) is 0 Å². The molecule has 0 amide bonds. The van der Waals surface area contributed by atoms with Gasteiger partial charge >= 0.3 is 0 Å². The summed E-state index contributed by atoms with van der Waals surface area (Å²) in [7, 11) is 1.67. The first kappa shape index (κ1) is 18.1. The molecule has 2 unspecified atom stereocenters. The van der Waals surface area contributed by atoms with E-state index in [1.54, 1.807) is 7.11 Å². The van der Waals surface area contributed by atoms with Crippen LogP contribution >= 0.6 is 0 Å². The predicted molar refractivity (Wildman–Crippen MR) is 85.4 cm³/mol. The lowest BCUT2D eigenvalue weighted by Gasteiger charge is -2.36. The fourth-order valence-corrected chi connectivity index (χ4v) is 2.54. The third-order valence-corrected chi connectivity index (χ3v) is 3.49. The van der Waals surface area contributed by atoms with Crippen molar-refractivity contribution in [3.8, 4) is 0 Å². The summed E-state index contributed by atoms with van der Waals surface area (Å²) >= 11 is 0. The number of rotatable bonds is 10. The molecule has 4 nitrogen and oxygen atoms in total. The molecule has 1 aromatic carbocycles. The van der Waals surface area contributed by atoms with E-state index in [4.69, 9.17) is 9.47 Å². The average molecular weight is 295 g/mol. The maximum atomic E-state index is 10.0. The normalized spacial score (nSPS) is 15.9. The van der Waals surface area contributed by atoms with Crippen molar-refractivity contribution >= 4 is 0 Å². The lowest BCUT2D eigenvalue weighted by atomic mass is 9.87. The first-order valence-electron chi connectivity index (χ1n) is 7.58. The van der Waals surface area contributed by atoms with Gasteiger partial charge in [-0.3, -0.25) is 0 Å². The van der Waals surface area contributed by atoms with E-state index in [0.717, 1.165) is 5.56 Å². The van der Waals surface area contributed by atoms with Crippen LogP contribution in [0.25, 0.3) is 0 Å². The van der Waals surface area contributed by atoms with Crippen molar-refractivity contribution in [3.63, 3.8) is 0 Å². The molecule has 4 heteroatoms. The highest BCUT2D eigenvalue weighted by Gasteiger charge is 2.31. The van der Waals surface area contributed by atoms with Gasteiger partial charge in [0.25, 0.3) is 0 Å². The molecule has 0 aliphatic carbocycles. The minimum absolute atomic E-state index is 0.0389. The number of methoxy groups -OCH3 is 1. The van der Waals surface area contributed by atoms with E-state index in [2.05, 4.69) is 19.2 Å². The molecule has 0 aliphatic rings. The number of benzene rings is 1. The van der Waals surface area contributed by atoms with Crippen molar-refractivity contribution in [2.24, 2.45) is 0 Å². The van der Waals surface area contributed by atoms with E-state index in [1.165, 1.54) is 0 Å². The molecule has 0 saturated heterocycles. The van der Waals surface area contributed by atoms with Crippen LogP contribution in [-0.4, -0.2) is 44.2 Å². The standard InChI is InChI=1S/C17H29NO3/c1-14(2)18-17(13-19,16-8-6-5-7-9-16)10-11-21-15(3)12-20-4/h5-9,14-15,18-19H,10-13H2,1-4H3. The van der Waals surface area contributed by atoms with Crippen LogP contribution < -0.4 is 5.32 Å². The van der Waals surface area contributed by atoms with E-state index in [9.17, 15) is 5.11 Å². The Morgan fingerprint density at radius 3 is 2.38 bits per heavy atom. The van der Waals surface area contributed by atoms with Crippen molar-refractivity contribution < 1.29 is 14.6 Å². The minimum Gasteiger partial charge on any atom is -0.394 e. The zero-order chi connectivity index (χ0) is 15.7. The van der Waals surface area contributed by atoms with Gasteiger partial charge in [0.2, 0.25) is 0 Å². The minimum atomic E-state index is -0.470. The first-order chi connectivity index (χ1) is 10.0. The molecule has 0 radical (unpaired) electrons. The summed E-state index contributed by atoms with van der Waals surface area (Å²) in [5.74, 6) is 0. The van der Waals surface area contributed by atoms with Crippen LogP contribution in [0.1, 0.15) is 32.8 Å². The zero-order valence-electron chi connectivity index (χ0n) is 13.6. The second-order valence-corrected chi connectivity index (χ2v) is 5.79. The summed E-state index contributed by atoms with van der Waals surface area (Å²) in [6.07, 6.45) is 0.765. The van der Waals surface area contributed by atoms with E-state index in [0.29, 0.717) is 19.6 Å². The predicted octanol–water partition coefficient (Wildman–Crippen LogP) is 2.31. The number of aliphatic hydroxyl groups excluding tert-OH is 1. The van der Waals surface area contributed by atoms with Crippen LogP contribution in [0.15, 0.2) is 30.3 Å². The second-order valence-electron chi connectivity index (χ2n) is 5.79. The topological polar surface area (TPSA) is 50.7 Å². The molecule has 0 spiro atoms. The molecule has 2 atom stereocenters. The third kappa shape index (κ3) is 5.75. The molecular weight excluding hydrogens is 266 g/mol. The Morgan fingerprint density at radius 2 is 1.86 bits per heavy atom. The number of hydrogen-bond donors (Lipinski definition) is 2. The highest BCUT2D eigenvalue weighted by atomic mass is 16.5. The highest BCUT2D eigenvalue weighted by Crippen LogP contribution is 2.25. The van der Waals surface area contributed by atoms with Gasteiger partial charge in [0.1, 0.15) is 0 Å². The van der Waals surface area contributed by atoms with Gasteiger partial charge in [-0.05, 0) is 32.8 Å². The van der Waals surface area contributed by atoms with Crippen LogP contribution in [0, 0.1) is 0 Å². The van der Waals surface area contributed by atoms with Crippen LogP contribution in [-0.2, 0) is 15.0 Å². The van der Waals surface area contributed by atoms with Crippen molar-refractivity contribution in [2.45, 2.75) is 44.9 Å². The Morgan fingerprint density at radius 1 is 1.19 bits per heavy atom. The van der Waals surface area contributed by atoms with Crippen LogP contribution in [0.3, 0.4) is 0 Å². The van der Waals surface area contributed by atoms with E-state index < -0.39 is 5.54 Å². The Kier molecular flexibility index (Phi) is 7.89. The van der Waals surface area contributed by atoms with Crippen LogP contribution in [0.2, 0.25) is 0 Å². The molecule has 120 valence electrons. The maximum Gasteiger partial charge on any atom is 0.0780 e. The van der Waals surface area contributed by atoms with Crippen molar-refractivity contribution in [3.05, 3.63) is 35.9 Å². The number of nitrogens with one attached hydrogen (secondary N) is 1. The van der Waals surface area contributed by atoms with Gasteiger partial charge < -0.3 is 19.9 Å². The Bertz CT molecular complexity index is 383. The summed E-state index contributed by atoms with van der Waals surface area (Å²) in [6, 6.07) is 10.3. The summed E-state index contributed by atoms with van der Waals surface area (Å²) in [5.41, 5.74) is 0.617. The van der Waals surface area contributed by atoms with E-state index in [-0.39, 0.29) is 18.8 Å². The molecule has 1 rings (SSSR count). The quantitative estimate of drug-likeness (QED) is 0.695. The average Bonchev–Trinajstić information content (AvgIpc) is 2.47.